The molecule has 3 heterocycles. The number of aryl methyl sites for hydroxylation is 5. The van der Waals surface area contributed by atoms with Crippen LogP contribution >= 0.6 is 0 Å². The Morgan fingerprint density at radius 1 is 0.968 bits per heavy atom. The van der Waals surface area contributed by atoms with Crippen LogP contribution in [0.1, 0.15) is 59.5 Å². The fraction of sp³-hybridized carbons (Fsp3) is 0.538. The Kier molecular flexibility index (Phi) is 6.07. The van der Waals surface area contributed by atoms with Crippen LogP contribution in [0, 0.1) is 47.5 Å². The SMILES string of the molecule is Cc1cc(C)c(-n2c(C)c(C)c3c(N4CCC(CCCO)CC4)nc(C)nc32)c(C)c1. The van der Waals surface area contributed by atoms with E-state index in [4.69, 9.17) is 15.1 Å². The molecule has 0 amide bonds. The average molecular weight is 421 g/mol. The molecule has 1 fully saturated rings. The topological polar surface area (TPSA) is 54.2 Å². The zero-order chi connectivity index (χ0) is 22.3. The molecule has 0 saturated carbocycles. The van der Waals surface area contributed by atoms with Gasteiger partial charge in [0.1, 0.15) is 11.6 Å². The van der Waals surface area contributed by atoms with Crippen LogP contribution in [0.15, 0.2) is 12.1 Å². The van der Waals surface area contributed by atoms with Crippen LogP contribution in [0.2, 0.25) is 0 Å². The van der Waals surface area contributed by atoms with Crippen molar-refractivity contribution < 1.29 is 5.11 Å². The van der Waals surface area contributed by atoms with Gasteiger partial charge in [0.05, 0.1) is 11.1 Å². The number of hydrogen-bond donors (Lipinski definition) is 1. The number of piperidine rings is 1. The monoisotopic (exact) mass is 420 g/mol. The maximum atomic E-state index is 9.15. The van der Waals surface area contributed by atoms with Gasteiger partial charge in [0.25, 0.3) is 0 Å². The Bertz CT molecular complexity index is 1080. The summed E-state index contributed by atoms with van der Waals surface area (Å²) in [6.07, 6.45) is 4.37. The van der Waals surface area contributed by atoms with Crippen molar-refractivity contribution in [1.29, 1.82) is 0 Å². The van der Waals surface area contributed by atoms with Crippen molar-refractivity contribution in [3.8, 4) is 5.69 Å². The van der Waals surface area contributed by atoms with Gasteiger partial charge in [-0.25, -0.2) is 9.97 Å². The van der Waals surface area contributed by atoms with Crippen LogP contribution in [0.3, 0.4) is 0 Å². The molecular formula is C26H36N4O. The predicted molar refractivity (Wildman–Crippen MR) is 129 cm³/mol. The van der Waals surface area contributed by atoms with Crippen molar-refractivity contribution in [2.45, 2.75) is 67.2 Å². The zero-order valence-electron chi connectivity index (χ0n) is 19.9. The van der Waals surface area contributed by atoms with Crippen molar-refractivity contribution in [1.82, 2.24) is 14.5 Å². The van der Waals surface area contributed by atoms with E-state index in [0.29, 0.717) is 12.5 Å². The molecule has 1 aromatic carbocycles. The third-order valence-electron chi connectivity index (χ3n) is 6.99. The normalized spacial score (nSPS) is 15.3. The maximum Gasteiger partial charge on any atom is 0.150 e. The number of fused-ring (bicyclic) bond motifs is 1. The van der Waals surface area contributed by atoms with Crippen LogP contribution in [-0.4, -0.2) is 39.3 Å². The van der Waals surface area contributed by atoms with Crippen LogP contribution < -0.4 is 4.90 Å². The number of aliphatic hydroxyl groups is 1. The molecule has 1 aliphatic heterocycles. The average Bonchev–Trinajstić information content (AvgIpc) is 2.96. The van der Waals surface area contributed by atoms with Gasteiger partial charge in [-0.05, 0) is 89.8 Å². The van der Waals surface area contributed by atoms with E-state index in [1.165, 1.54) is 51.9 Å². The van der Waals surface area contributed by atoms with E-state index in [2.05, 4.69) is 56.2 Å². The lowest BCUT2D eigenvalue weighted by Crippen LogP contribution is -2.34. The van der Waals surface area contributed by atoms with E-state index in [1.807, 2.05) is 6.92 Å². The number of rotatable bonds is 5. The minimum absolute atomic E-state index is 0.301. The smallest absolute Gasteiger partial charge is 0.150 e. The molecule has 0 radical (unpaired) electrons. The van der Waals surface area contributed by atoms with Crippen LogP contribution in [0.25, 0.3) is 16.7 Å². The highest BCUT2D eigenvalue weighted by atomic mass is 16.2. The lowest BCUT2D eigenvalue weighted by atomic mass is 9.92. The second-order valence-corrected chi connectivity index (χ2v) is 9.38. The Labute approximate surface area is 186 Å². The van der Waals surface area contributed by atoms with E-state index >= 15 is 0 Å². The Hall–Kier alpha value is -2.40. The molecular weight excluding hydrogens is 384 g/mol. The molecule has 0 atom stereocenters. The second kappa shape index (κ2) is 8.62. The van der Waals surface area contributed by atoms with E-state index in [0.717, 1.165) is 43.2 Å². The van der Waals surface area contributed by atoms with Crippen molar-refractivity contribution >= 4 is 16.9 Å². The van der Waals surface area contributed by atoms with Gasteiger partial charge in [0.2, 0.25) is 0 Å². The molecule has 3 aromatic rings. The quantitative estimate of drug-likeness (QED) is 0.612. The predicted octanol–water partition coefficient (Wildman–Crippen LogP) is 5.26. The molecule has 0 aliphatic carbocycles. The van der Waals surface area contributed by atoms with Crippen molar-refractivity contribution in [3.05, 3.63) is 45.9 Å². The zero-order valence-corrected chi connectivity index (χ0v) is 19.9. The van der Waals surface area contributed by atoms with Crippen molar-refractivity contribution in [3.63, 3.8) is 0 Å². The number of anilines is 1. The summed E-state index contributed by atoms with van der Waals surface area (Å²) >= 11 is 0. The third-order valence-corrected chi connectivity index (χ3v) is 6.99. The summed E-state index contributed by atoms with van der Waals surface area (Å²) in [7, 11) is 0. The summed E-state index contributed by atoms with van der Waals surface area (Å²) in [6.45, 7) is 15.3. The molecule has 0 unspecified atom stereocenters. The van der Waals surface area contributed by atoms with Gasteiger partial charge in [-0.3, -0.25) is 4.57 Å². The number of benzene rings is 1. The molecule has 31 heavy (non-hydrogen) atoms. The number of aliphatic hydroxyl groups excluding tert-OH is 1. The molecule has 1 N–H and O–H groups in total. The molecule has 1 saturated heterocycles. The molecule has 1 aliphatic rings. The van der Waals surface area contributed by atoms with Gasteiger partial charge in [-0.2, -0.15) is 0 Å². The summed E-state index contributed by atoms with van der Waals surface area (Å²) in [5, 5.41) is 10.3. The highest BCUT2D eigenvalue weighted by Gasteiger charge is 2.26. The van der Waals surface area contributed by atoms with Crippen LogP contribution in [0.5, 0.6) is 0 Å². The van der Waals surface area contributed by atoms with E-state index in [9.17, 15) is 0 Å². The van der Waals surface area contributed by atoms with Crippen molar-refractivity contribution in [2.24, 2.45) is 5.92 Å². The molecule has 0 bridgehead atoms. The second-order valence-electron chi connectivity index (χ2n) is 9.38. The largest absolute Gasteiger partial charge is 0.396 e. The number of aromatic nitrogens is 3. The third kappa shape index (κ3) is 3.96. The first-order chi connectivity index (χ1) is 14.8. The first-order valence-electron chi connectivity index (χ1n) is 11.6. The minimum atomic E-state index is 0.301. The molecule has 0 spiro atoms. The Balaban J connectivity index is 1.82. The lowest BCUT2D eigenvalue weighted by molar-refractivity contribution is 0.261. The molecule has 2 aromatic heterocycles. The number of hydrogen-bond acceptors (Lipinski definition) is 4. The summed E-state index contributed by atoms with van der Waals surface area (Å²) < 4.78 is 2.35. The fourth-order valence-corrected chi connectivity index (χ4v) is 5.39. The summed E-state index contributed by atoms with van der Waals surface area (Å²) in [5.41, 5.74) is 8.62. The van der Waals surface area contributed by atoms with Gasteiger partial charge in [-0.1, -0.05) is 17.7 Å². The Morgan fingerprint density at radius 2 is 1.61 bits per heavy atom. The van der Waals surface area contributed by atoms with Crippen LogP contribution in [0.4, 0.5) is 5.82 Å². The van der Waals surface area contributed by atoms with E-state index in [-0.39, 0.29) is 0 Å². The summed E-state index contributed by atoms with van der Waals surface area (Å²) in [6, 6.07) is 4.52. The molecule has 4 rings (SSSR count). The minimum Gasteiger partial charge on any atom is -0.396 e. The van der Waals surface area contributed by atoms with Gasteiger partial charge in [0, 0.05) is 25.4 Å². The first kappa shape index (κ1) is 21.8. The highest BCUT2D eigenvalue weighted by Crippen LogP contribution is 2.37. The van der Waals surface area contributed by atoms with Gasteiger partial charge in [0.15, 0.2) is 5.65 Å². The lowest BCUT2D eigenvalue weighted by Gasteiger charge is -2.33. The van der Waals surface area contributed by atoms with Gasteiger partial charge >= 0.3 is 0 Å². The number of nitrogens with zero attached hydrogens (tertiary/aromatic N) is 4. The summed E-state index contributed by atoms with van der Waals surface area (Å²) in [5.74, 6) is 2.63. The van der Waals surface area contributed by atoms with E-state index in [1.54, 1.807) is 0 Å². The van der Waals surface area contributed by atoms with Gasteiger partial charge in [-0.15, -0.1) is 0 Å². The van der Waals surface area contributed by atoms with Crippen molar-refractivity contribution in [2.75, 3.05) is 24.6 Å². The molecule has 166 valence electrons. The van der Waals surface area contributed by atoms with E-state index < -0.39 is 0 Å². The fourth-order valence-electron chi connectivity index (χ4n) is 5.39. The Morgan fingerprint density at radius 3 is 2.23 bits per heavy atom. The summed E-state index contributed by atoms with van der Waals surface area (Å²) in [4.78, 5) is 12.3. The molecule has 5 heteroatoms. The standard InChI is InChI=1S/C26H36N4O/c1-16-14-17(2)24(18(3)15-16)30-20(5)19(4)23-25(27-21(6)28-26(23)30)29-11-9-22(10-12-29)8-7-13-31/h14-15,22,31H,7-13H2,1-6H3. The first-order valence-corrected chi connectivity index (χ1v) is 11.6. The highest BCUT2D eigenvalue weighted by molar-refractivity contribution is 5.94. The maximum absolute atomic E-state index is 9.15. The van der Waals surface area contributed by atoms with Gasteiger partial charge < -0.3 is 10.0 Å². The molecule has 5 nitrogen and oxygen atoms in total. The van der Waals surface area contributed by atoms with Crippen LogP contribution in [-0.2, 0) is 0 Å².